The molecule has 6 heteroatoms. The molecule has 0 spiro atoms. The van der Waals surface area contributed by atoms with Crippen LogP contribution >= 0.6 is 0 Å². The van der Waals surface area contributed by atoms with E-state index in [0.29, 0.717) is 5.56 Å². The topological polar surface area (TPSA) is 83.7 Å². The van der Waals surface area contributed by atoms with Crippen LogP contribution < -0.4 is 0 Å². The molecule has 1 rings (SSSR count). The Labute approximate surface area is 111 Å². The molecule has 1 atom stereocenters. The number of aliphatic hydroxyl groups excluding tert-OH is 1. The van der Waals surface area contributed by atoms with E-state index >= 15 is 0 Å². The van der Waals surface area contributed by atoms with E-state index in [1.807, 2.05) is 13.8 Å². The lowest BCUT2D eigenvalue weighted by atomic mass is 10.1. The van der Waals surface area contributed by atoms with E-state index in [1.165, 1.54) is 29.2 Å². The van der Waals surface area contributed by atoms with Crippen LogP contribution in [-0.4, -0.2) is 39.5 Å². The van der Waals surface area contributed by atoms with Crippen molar-refractivity contribution >= 4 is 11.6 Å². The van der Waals surface area contributed by atoms with Gasteiger partial charge in [0.2, 0.25) is 0 Å². The first kappa shape index (κ1) is 15.1. The summed E-state index contributed by atoms with van der Waals surface area (Å²) < 4.78 is 0. The van der Waals surface area contributed by atoms with Gasteiger partial charge in [0.1, 0.15) is 0 Å². The van der Waals surface area contributed by atoms with Gasteiger partial charge in [0.15, 0.2) is 0 Å². The van der Waals surface area contributed by atoms with Crippen LogP contribution in [0.4, 0.5) is 5.69 Å². The van der Waals surface area contributed by atoms with Gasteiger partial charge in [-0.05, 0) is 32.9 Å². The maximum Gasteiger partial charge on any atom is 0.269 e. The van der Waals surface area contributed by atoms with Crippen molar-refractivity contribution in [1.82, 2.24) is 4.90 Å². The zero-order valence-corrected chi connectivity index (χ0v) is 11.2. The third-order valence-corrected chi connectivity index (χ3v) is 2.67. The number of nitro groups is 1. The lowest BCUT2D eigenvalue weighted by Gasteiger charge is -2.28. The minimum absolute atomic E-state index is 0.0526. The second-order valence-electron chi connectivity index (χ2n) is 4.70. The van der Waals surface area contributed by atoms with Crippen LogP contribution in [0.1, 0.15) is 31.1 Å². The molecule has 19 heavy (non-hydrogen) atoms. The molecule has 6 nitrogen and oxygen atoms in total. The third kappa shape index (κ3) is 4.03. The van der Waals surface area contributed by atoms with Crippen molar-refractivity contribution < 1.29 is 14.8 Å². The summed E-state index contributed by atoms with van der Waals surface area (Å²) >= 11 is 0. The van der Waals surface area contributed by atoms with Crippen LogP contribution in [0.15, 0.2) is 24.3 Å². The van der Waals surface area contributed by atoms with Crippen molar-refractivity contribution in [2.24, 2.45) is 0 Å². The molecule has 1 amide bonds. The average molecular weight is 266 g/mol. The standard InChI is InChI=1S/C13H18N2O4/c1-9(2)14(8-10(3)16)13(17)11-4-6-12(7-5-11)15(18)19/h4-7,9-10,16H,8H2,1-3H3. The number of benzene rings is 1. The van der Waals surface area contributed by atoms with Crippen LogP contribution in [0.5, 0.6) is 0 Å². The lowest BCUT2D eigenvalue weighted by molar-refractivity contribution is -0.384. The number of nitrogens with zero attached hydrogens (tertiary/aromatic N) is 2. The smallest absolute Gasteiger partial charge is 0.269 e. The predicted molar refractivity (Wildman–Crippen MR) is 70.9 cm³/mol. The van der Waals surface area contributed by atoms with Crippen molar-refractivity contribution in [3.63, 3.8) is 0 Å². The van der Waals surface area contributed by atoms with Gasteiger partial charge in [-0.2, -0.15) is 0 Å². The fraction of sp³-hybridized carbons (Fsp3) is 0.462. The first-order valence-electron chi connectivity index (χ1n) is 6.06. The molecule has 0 aliphatic rings. The van der Waals surface area contributed by atoms with Crippen molar-refractivity contribution in [3.05, 3.63) is 39.9 Å². The Hall–Kier alpha value is -1.95. The number of amides is 1. The molecule has 0 aromatic heterocycles. The number of carbonyl (C=O) groups is 1. The fourth-order valence-corrected chi connectivity index (χ4v) is 1.70. The van der Waals surface area contributed by atoms with E-state index in [-0.39, 0.29) is 24.2 Å². The van der Waals surface area contributed by atoms with Crippen LogP contribution in [0, 0.1) is 10.1 Å². The molecule has 0 bridgehead atoms. The van der Waals surface area contributed by atoms with Crippen LogP contribution in [0.2, 0.25) is 0 Å². The number of aliphatic hydroxyl groups is 1. The fourth-order valence-electron chi connectivity index (χ4n) is 1.70. The van der Waals surface area contributed by atoms with Gasteiger partial charge in [-0.25, -0.2) is 0 Å². The summed E-state index contributed by atoms with van der Waals surface area (Å²) in [6, 6.07) is 5.40. The van der Waals surface area contributed by atoms with Gasteiger partial charge < -0.3 is 10.0 Å². The van der Waals surface area contributed by atoms with Gasteiger partial charge >= 0.3 is 0 Å². The summed E-state index contributed by atoms with van der Waals surface area (Å²) in [4.78, 5) is 23.8. The normalized spacial score (nSPS) is 12.3. The molecule has 0 aliphatic carbocycles. The monoisotopic (exact) mass is 266 g/mol. The number of hydrogen-bond donors (Lipinski definition) is 1. The van der Waals surface area contributed by atoms with Gasteiger partial charge in [-0.1, -0.05) is 0 Å². The minimum atomic E-state index is -0.621. The highest BCUT2D eigenvalue weighted by atomic mass is 16.6. The van der Waals surface area contributed by atoms with Crippen LogP contribution in [-0.2, 0) is 0 Å². The molecule has 1 N–H and O–H groups in total. The van der Waals surface area contributed by atoms with Crippen molar-refractivity contribution in [1.29, 1.82) is 0 Å². The van der Waals surface area contributed by atoms with Crippen molar-refractivity contribution in [3.8, 4) is 0 Å². The Morgan fingerprint density at radius 1 is 1.32 bits per heavy atom. The first-order chi connectivity index (χ1) is 8.82. The number of non-ortho nitro benzene ring substituents is 1. The zero-order chi connectivity index (χ0) is 14.6. The van der Waals surface area contributed by atoms with E-state index in [0.717, 1.165) is 0 Å². The summed E-state index contributed by atoms with van der Waals surface area (Å²) in [6.07, 6.45) is -0.621. The Bertz CT molecular complexity index is 454. The van der Waals surface area contributed by atoms with Gasteiger partial charge in [-0.3, -0.25) is 14.9 Å². The number of rotatable bonds is 5. The highest BCUT2D eigenvalue weighted by molar-refractivity contribution is 5.94. The molecule has 104 valence electrons. The van der Waals surface area contributed by atoms with Gasteiger partial charge in [0.25, 0.3) is 11.6 Å². The van der Waals surface area contributed by atoms with Gasteiger partial charge in [0, 0.05) is 30.3 Å². The minimum Gasteiger partial charge on any atom is -0.392 e. The maximum absolute atomic E-state index is 12.2. The Morgan fingerprint density at radius 2 is 1.84 bits per heavy atom. The summed E-state index contributed by atoms with van der Waals surface area (Å²) in [5, 5.41) is 19.9. The summed E-state index contributed by atoms with van der Waals surface area (Å²) in [6.45, 7) is 5.54. The largest absolute Gasteiger partial charge is 0.392 e. The molecule has 0 saturated carbocycles. The Morgan fingerprint density at radius 3 is 2.21 bits per heavy atom. The van der Waals surface area contributed by atoms with Crippen molar-refractivity contribution in [2.45, 2.75) is 32.9 Å². The predicted octanol–water partition coefficient (Wildman–Crippen LogP) is 1.83. The lowest BCUT2D eigenvalue weighted by Crippen LogP contribution is -2.41. The first-order valence-corrected chi connectivity index (χ1v) is 6.06. The van der Waals surface area contributed by atoms with Gasteiger partial charge in [-0.15, -0.1) is 0 Å². The van der Waals surface area contributed by atoms with Crippen molar-refractivity contribution in [2.75, 3.05) is 6.54 Å². The molecular weight excluding hydrogens is 248 g/mol. The van der Waals surface area contributed by atoms with Crippen LogP contribution in [0.3, 0.4) is 0 Å². The molecule has 1 aromatic rings. The highest BCUT2D eigenvalue weighted by Crippen LogP contribution is 2.15. The summed E-state index contributed by atoms with van der Waals surface area (Å²) in [5.74, 6) is -0.245. The Kier molecular flexibility index (Phi) is 5.00. The molecule has 1 unspecified atom stereocenters. The average Bonchev–Trinajstić information content (AvgIpc) is 2.34. The second kappa shape index (κ2) is 6.29. The molecule has 0 radical (unpaired) electrons. The number of nitro benzene ring substituents is 1. The SMILES string of the molecule is CC(O)CN(C(=O)c1ccc([N+](=O)[O-])cc1)C(C)C. The molecule has 0 saturated heterocycles. The summed E-state index contributed by atoms with van der Waals surface area (Å²) in [5.41, 5.74) is 0.322. The second-order valence-corrected chi connectivity index (χ2v) is 4.70. The van der Waals surface area contributed by atoms with E-state index < -0.39 is 11.0 Å². The third-order valence-electron chi connectivity index (χ3n) is 2.67. The summed E-state index contributed by atoms with van der Waals surface area (Å²) in [7, 11) is 0. The maximum atomic E-state index is 12.2. The molecule has 0 fully saturated rings. The zero-order valence-electron chi connectivity index (χ0n) is 11.2. The Balaban J connectivity index is 2.93. The number of hydrogen-bond acceptors (Lipinski definition) is 4. The quantitative estimate of drug-likeness (QED) is 0.651. The molecule has 0 aliphatic heterocycles. The molecule has 1 aromatic carbocycles. The highest BCUT2D eigenvalue weighted by Gasteiger charge is 2.20. The molecule has 0 heterocycles. The number of carbonyl (C=O) groups excluding carboxylic acids is 1. The van der Waals surface area contributed by atoms with E-state index in [2.05, 4.69) is 0 Å². The van der Waals surface area contributed by atoms with E-state index in [9.17, 15) is 20.0 Å². The van der Waals surface area contributed by atoms with Gasteiger partial charge in [0.05, 0.1) is 11.0 Å². The van der Waals surface area contributed by atoms with Crippen LogP contribution in [0.25, 0.3) is 0 Å². The van der Waals surface area contributed by atoms with E-state index in [4.69, 9.17) is 0 Å². The van der Waals surface area contributed by atoms with E-state index in [1.54, 1.807) is 6.92 Å². The molecular formula is C13H18N2O4.